The second-order valence-electron chi connectivity index (χ2n) is 6.24. The van der Waals surface area contributed by atoms with Gasteiger partial charge in [0, 0.05) is 24.2 Å². The summed E-state index contributed by atoms with van der Waals surface area (Å²) in [5, 5.41) is 0. The van der Waals surface area contributed by atoms with E-state index in [1.54, 1.807) is 0 Å². The molecule has 2 aromatic rings. The van der Waals surface area contributed by atoms with E-state index in [-0.39, 0.29) is 5.54 Å². The van der Waals surface area contributed by atoms with Gasteiger partial charge in [0.1, 0.15) is 11.3 Å². The monoisotopic (exact) mass is 256 g/mol. The van der Waals surface area contributed by atoms with E-state index in [9.17, 15) is 0 Å². The lowest BCUT2D eigenvalue weighted by Gasteiger charge is -2.23. The maximum absolute atomic E-state index is 6.53. The zero-order chi connectivity index (χ0) is 12.9. The van der Waals surface area contributed by atoms with Crippen molar-refractivity contribution in [2.24, 2.45) is 5.73 Å². The lowest BCUT2D eigenvalue weighted by atomic mass is 9.94. The molecule has 0 amide bonds. The molecule has 0 spiro atoms. The van der Waals surface area contributed by atoms with Crippen LogP contribution in [0.3, 0.4) is 0 Å². The van der Waals surface area contributed by atoms with E-state index < -0.39 is 0 Å². The molecule has 2 saturated carbocycles. The number of aromatic nitrogens is 3. The van der Waals surface area contributed by atoms with Gasteiger partial charge in [-0.3, -0.25) is 4.98 Å². The third kappa shape index (κ3) is 1.94. The largest absolute Gasteiger partial charge is 0.325 e. The van der Waals surface area contributed by atoms with Crippen LogP contribution in [0, 0.1) is 0 Å². The SMILES string of the molecule is NC1(Cc2nc3cnccc3n2C2CC2)CCCC1. The van der Waals surface area contributed by atoms with E-state index in [1.165, 1.54) is 37.0 Å². The minimum atomic E-state index is -0.0263. The van der Waals surface area contributed by atoms with Gasteiger partial charge in [-0.1, -0.05) is 12.8 Å². The molecule has 2 aliphatic rings. The summed E-state index contributed by atoms with van der Waals surface area (Å²) in [7, 11) is 0. The Bertz CT molecular complexity index is 606. The summed E-state index contributed by atoms with van der Waals surface area (Å²) in [5.41, 5.74) is 8.76. The van der Waals surface area contributed by atoms with Gasteiger partial charge in [0.15, 0.2) is 0 Å². The molecule has 4 rings (SSSR count). The summed E-state index contributed by atoms with van der Waals surface area (Å²) >= 11 is 0. The second-order valence-corrected chi connectivity index (χ2v) is 6.24. The molecule has 2 aromatic heterocycles. The van der Waals surface area contributed by atoms with E-state index in [0.29, 0.717) is 6.04 Å². The first-order chi connectivity index (χ1) is 9.25. The minimum Gasteiger partial charge on any atom is -0.325 e. The molecule has 0 bridgehead atoms. The van der Waals surface area contributed by atoms with Crippen LogP contribution in [0.4, 0.5) is 0 Å². The Kier molecular flexibility index (Phi) is 2.42. The van der Waals surface area contributed by atoms with E-state index in [1.807, 2.05) is 12.4 Å². The van der Waals surface area contributed by atoms with Gasteiger partial charge in [0.25, 0.3) is 0 Å². The van der Waals surface area contributed by atoms with Gasteiger partial charge in [0.2, 0.25) is 0 Å². The van der Waals surface area contributed by atoms with Gasteiger partial charge in [-0.15, -0.1) is 0 Å². The molecule has 0 atom stereocenters. The van der Waals surface area contributed by atoms with Gasteiger partial charge in [-0.05, 0) is 31.7 Å². The third-order valence-electron chi connectivity index (χ3n) is 4.59. The fraction of sp³-hybridized carbons (Fsp3) is 0.600. The van der Waals surface area contributed by atoms with Crippen molar-refractivity contribution in [3.05, 3.63) is 24.3 Å². The zero-order valence-corrected chi connectivity index (χ0v) is 11.2. The molecular weight excluding hydrogens is 236 g/mol. The highest BCUT2D eigenvalue weighted by atomic mass is 15.1. The smallest absolute Gasteiger partial charge is 0.112 e. The van der Waals surface area contributed by atoms with Gasteiger partial charge in [-0.25, -0.2) is 4.98 Å². The Hall–Kier alpha value is -1.42. The molecule has 19 heavy (non-hydrogen) atoms. The summed E-state index contributed by atoms with van der Waals surface area (Å²) in [6.07, 6.45) is 12.0. The first kappa shape index (κ1) is 11.4. The lowest BCUT2D eigenvalue weighted by molar-refractivity contribution is 0.419. The predicted octanol–water partition coefficient (Wildman–Crippen LogP) is 2.58. The van der Waals surface area contributed by atoms with Crippen molar-refractivity contribution in [3.8, 4) is 0 Å². The van der Waals surface area contributed by atoms with Crippen LogP contribution in [0.15, 0.2) is 18.5 Å². The van der Waals surface area contributed by atoms with Crippen LogP contribution in [0.5, 0.6) is 0 Å². The van der Waals surface area contributed by atoms with Crippen molar-refractivity contribution in [1.29, 1.82) is 0 Å². The van der Waals surface area contributed by atoms with Crippen molar-refractivity contribution >= 4 is 11.0 Å². The predicted molar refractivity (Wildman–Crippen MR) is 74.9 cm³/mol. The first-order valence-corrected chi connectivity index (χ1v) is 7.35. The fourth-order valence-electron chi connectivity index (χ4n) is 3.44. The Morgan fingerprint density at radius 3 is 2.84 bits per heavy atom. The van der Waals surface area contributed by atoms with Gasteiger partial charge < -0.3 is 10.3 Å². The number of rotatable bonds is 3. The fourth-order valence-corrected chi connectivity index (χ4v) is 3.44. The van der Waals surface area contributed by atoms with Crippen molar-refractivity contribution < 1.29 is 0 Å². The molecule has 0 radical (unpaired) electrons. The van der Waals surface area contributed by atoms with E-state index in [2.05, 4.69) is 15.6 Å². The molecule has 0 unspecified atom stereocenters. The quantitative estimate of drug-likeness (QED) is 0.918. The molecule has 2 heterocycles. The van der Waals surface area contributed by atoms with Crippen LogP contribution in [-0.2, 0) is 6.42 Å². The number of imidazole rings is 1. The summed E-state index contributed by atoms with van der Waals surface area (Å²) < 4.78 is 2.42. The van der Waals surface area contributed by atoms with Crippen LogP contribution in [-0.4, -0.2) is 20.1 Å². The molecule has 0 aliphatic heterocycles. The normalized spacial score (nSPS) is 22.2. The highest BCUT2D eigenvalue weighted by Gasteiger charge is 2.34. The van der Waals surface area contributed by atoms with E-state index in [4.69, 9.17) is 10.7 Å². The van der Waals surface area contributed by atoms with Crippen LogP contribution in [0.2, 0.25) is 0 Å². The molecule has 4 nitrogen and oxygen atoms in total. The van der Waals surface area contributed by atoms with E-state index in [0.717, 1.165) is 24.8 Å². The third-order valence-corrected chi connectivity index (χ3v) is 4.59. The van der Waals surface area contributed by atoms with Gasteiger partial charge in [0.05, 0.1) is 11.7 Å². The number of pyridine rings is 1. The minimum absolute atomic E-state index is 0.0263. The summed E-state index contributed by atoms with van der Waals surface area (Å²) in [6.45, 7) is 0. The van der Waals surface area contributed by atoms with Crippen molar-refractivity contribution in [3.63, 3.8) is 0 Å². The number of nitrogens with two attached hydrogens (primary N) is 1. The summed E-state index contributed by atoms with van der Waals surface area (Å²) in [5.74, 6) is 1.18. The highest BCUT2D eigenvalue weighted by molar-refractivity contribution is 5.75. The van der Waals surface area contributed by atoms with Crippen molar-refractivity contribution in [2.75, 3.05) is 0 Å². The van der Waals surface area contributed by atoms with Gasteiger partial charge in [-0.2, -0.15) is 0 Å². The molecule has 0 aromatic carbocycles. The second kappa shape index (κ2) is 4.04. The maximum atomic E-state index is 6.53. The first-order valence-electron chi connectivity index (χ1n) is 7.35. The number of hydrogen-bond donors (Lipinski definition) is 1. The molecule has 0 saturated heterocycles. The Morgan fingerprint density at radius 1 is 1.32 bits per heavy atom. The summed E-state index contributed by atoms with van der Waals surface area (Å²) in [6, 6.07) is 2.73. The Balaban J connectivity index is 1.78. The molecule has 2 fully saturated rings. The number of hydrogen-bond acceptors (Lipinski definition) is 3. The van der Waals surface area contributed by atoms with Crippen LogP contribution < -0.4 is 5.73 Å². The molecule has 4 heteroatoms. The molecular formula is C15H20N4. The van der Waals surface area contributed by atoms with Crippen LogP contribution >= 0.6 is 0 Å². The van der Waals surface area contributed by atoms with Crippen LogP contribution in [0.25, 0.3) is 11.0 Å². The molecule has 100 valence electrons. The topological polar surface area (TPSA) is 56.7 Å². The van der Waals surface area contributed by atoms with E-state index >= 15 is 0 Å². The Labute approximate surface area is 113 Å². The number of fused-ring (bicyclic) bond motifs is 1. The number of nitrogens with zero attached hydrogens (tertiary/aromatic N) is 3. The average Bonchev–Trinajstić information content (AvgIpc) is 3.04. The zero-order valence-electron chi connectivity index (χ0n) is 11.2. The molecule has 2 aliphatic carbocycles. The summed E-state index contributed by atoms with van der Waals surface area (Å²) in [4.78, 5) is 8.99. The lowest BCUT2D eigenvalue weighted by Crippen LogP contribution is -2.39. The standard InChI is InChI=1S/C15H20N4/c16-15(6-1-2-7-15)9-14-18-12-10-17-8-5-13(12)19(14)11-3-4-11/h5,8,10-11H,1-4,6-7,9,16H2. The maximum Gasteiger partial charge on any atom is 0.112 e. The van der Waals surface area contributed by atoms with Gasteiger partial charge >= 0.3 is 0 Å². The van der Waals surface area contributed by atoms with Crippen molar-refractivity contribution in [1.82, 2.24) is 14.5 Å². The van der Waals surface area contributed by atoms with Crippen LogP contribution in [0.1, 0.15) is 50.4 Å². The van der Waals surface area contributed by atoms with Crippen molar-refractivity contribution in [2.45, 2.75) is 56.5 Å². The average molecular weight is 256 g/mol. The Morgan fingerprint density at radius 2 is 2.11 bits per heavy atom. The highest BCUT2D eigenvalue weighted by Crippen LogP contribution is 2.40. The molecule has 2 N–H and O–H groups in total.